The third kappa shape index (κ3) is 3.30. The molecule has 0 aliphatic carbocycles. The van der Waals surface area contributed by atoms with Crippen molar-refractivity contribution < 1.29 is 19.2 Å². The molecular weight excluding hydrogens is 415 g/mol. The van der Waals surface area contributed by atoms with E-state index in [0.29, 0.717) is 21.9 Å². The van der Waals surface area contributed by atoms with Crippen molar-refractivity contribution in [3.63, 3.8) is 0 Å². The molecule has 1 aliphatic rings. The van der Waals surface area contributed by atoms with Crippen molar-refractivity contribution >= 4 is 46.5 Å². The Kier molecular flexibility index (Phi) is 4.90. The Labute approximate surface area is 175 Å². The van der Waals surface area contributed by atoms with Crippen LogP contribution in [0.4, 0.5) is 5.82 Å². The van der Waals surface area contributed by atoms with E-state index in [9.17, 15) is 14.7 Å². The van der Waals surface area contributed by atoms with Crippen molar-refractivity contribution in [2.75, 3.05) is 4.90 Å². The molecule has 3 aromatic rings. The smallest absolute Gasteiger partial charge is 0.301 e. The van der Waals surface area contributed by atoms with Crippen molar-refractivity contribution in [3.8, 4) is 0 Å². The summed E-state index contributed by atoms with van der Waals surface area (Å²) in [7, 11) is 0. The predicted molar refractivity (Wildman–Crippen MR) is 109 cm³/mol. The molecule has 2 heterocycles. The summed E-state index contributed by atoms with van der Waals surface area (Å²) < 4.78 is 5.09. The number of aliphatic hydroxyl groups excluding tert-OH is 1. The first-order valence-electron chi connectivity index (χ1n) is 8.63. The second-order valence-corrected chi connectivity index (χ2v) is 7.32. The van der Waals surface area contributed by atoms with Crippen LogP contribution in [0.25, 0.3) is 5.76 Å². The fourth-order valence-corrected chi connectivity index (χ4v) is 3.59. The molecule has 0 unspecified atom stereocenters. The normalized spacial score (nSPS) is 18.4. The molecule has 8 heteroatoms. The van der Waals surface area contributed by atoms with Crippen LogP contribution in [-0.2, 0) is 9.59 Å². The van der Waals surface area contributed by atoms with Crippen LogP contribution in [0.2, 0.25) is 10.0 Å². The molecule has 0 saturated carbocycles. The van der Waals surface area contributed by atoms with E-state index >= 15 is 0 Å². The third-order valence-electron chi connectivity index (χ3n) is 4.61. The molecule has 0 spiro atoms. The van der Waals surface area contributed by atoms with E-state index in [4.69, 9.17) is 27.7 Å². The second-order valence-electron chi connectivity index (χ2n) is 6.50. The Morgan fingerprint density at radius 3 is 2.41 bits per heavy atom. The number of ketones is 1. The lowest BCUT2D eigenvalue weighted by molar-refractivity contribution is -0.132. The van der Waals surface area contributed by atoms with Crippen LogP contribution in [-0.4, -0.2) is 22.0 Å². The lowest BCUT2D eigenvalue weighted by Crippen LogP contribution is -2.29. The molecule has 0 radical (unpaired) electrons. The van der Waals surface area contributed by atoms with E-state index in [-0.39, 0.29) is 22.2 Å². The zero-order valence-corrected chi connectivity index (χ0v) is 16.6. The van der Waals surface area contributed by atoms with Crippen molar-refractivity contribution in [3.05, 3.63) is 87.1 Å². The summed E-state index contributed by atoms with van der Waals surface area (Å²) in [5.74, 6) is -1.32. The number of aromatic nitrogens is 1. The minimum atomic E-state index is -0.950. The number of halogens is 2. The average molecular weight is 429 g/mol. The Hall–Kier alpha value is -3.09. The second kappa shape index (κ2) is 7.39. The van der Waals surface area contributed by atoms with Gasteiger partial charge in [-0.1, -0.05) is 64.8 Å². The molecule has 1 fully saturated rings. The van der Waals surface area contributed by atoms with Gasteiger partial charge in [-0.3, -0.25) is 14.5 Å². The summed E-state index contributed by atoms with van der Waals surface area (Å²) in [6.07, 6.45) is 0. The van der Waals surface area contributed by atoms with Crippen molar-refractivity contribution in [2.45, 2.75) is 13.0 Å². The molecule has 0 bridgehead atoms. The van der Waals surface area contributed by atoms with Crippen LogP contribution < -0.4 is 4.90 Å². The Bertz CT molecular complexity index is 1150. The summed E-state index contributed by atoms with van der Waals surface area (Å²) in [4.78, 5) is 27.0. The zero-order chi connectivity index (χ0) is 20.7. The lowest BCUT2D eigenvalue weighted by atomic mass is 9.95. The predicted octanol–water partition coefficient (Wildman–Crippen LogP) is 4.92. The van der Waals surface area contributed by atoms with Gasteiger partial charge < -0.3 is 9.63 Å². The average Bonchev–Trinajstić information content (AvgIpc) is 3.25. The number of hydrogen-bond acceptors (Lipinski definition) is 5. The molecule has 1 aromatic heterocycles. The molecule has 1 N–H and O–H groups in total. The van der Waals surface area contributed by atoms with Gasteiger partial charge in [-0.15, -0.1) is 0 Å². The van der Waals surface area contributed by atoms with E-state index in [1.807, 2.05) is 0 Å². The number of aliphatic hydroxyl groups is 1. The highest BCUT2D eigenvalue weighted by Crippen LogP contribution is 2.43. The minimum absolute atomic E-state index is 0.0692. The van der Waals surface area contributed by atoms with E-state index in [2.05, 4.69) is 5.16 Å². The molecule has 1 aliphatic heterocycles. The van der Waals surface area contributed by atoms with Gasteiger partial charge in [0, 0.05) is 11.6 Å². The maximum absolute atomic E-state index is 12.9. The monoisotopic (exact) mass is 428 g/mol. The van der Waals surface area contributed by atoms with E-state index in [1.54, 1.807) is 55.5 Å². The molecule has 146 valence electrons. The van der Waals surface area contributed by atoms with Gasteiger partial charge in [0.05, 0.1) is 21.7 Å². The van der Waals surface area contributed by atoms with Crippen molar-refractivity contribution in [2.24, 2.45) is 0 Å². The summed E-state index contributed by atoms with van der Waals surface area (Å²) in [5.41, 5.74) is 0.837. The number of nitrogens with zero attached hydrogens (tertiary/aromatic N) is 2. The van der Waals surface area contributed by atoms with Gasteiger partial charge in [-0.2, -0.15) is 0 Å². The van der Waals surface area contributed by atoms with Gasteiger partial charge in [-0.05, 0) is 24.6 Å². The number of carbonyl (C=O) groups excluding carboxylic acids is 2. The van der Waals surface area contributed by atoms with E-state index < -0.39 is 17.7 Å². The maximum Gasteiger partial charge on any atom is 0.301 e. The molecule has 2 aromatic carbocycles. The van der Waals surface area contributed by atoms with Crippen LogP contribution in [0.15, 0.2) is 64.7 Å². The summed E-state index contributed by atoms with van der Waals surface area (Å²) >= 11 is 12.2. The van der Waals surface area contributed by atoms with Gasteiger partial charge in [0.15, 0.2) is 5.82 Å². The minimum Gasteiger partial charge on any atom is -0.507 e. The summed E-state index contributed by atoms with van der Waals surface area (Å²) in [5, 5.41) is 15.4. The zero-order valence-electron chi connectivity index (χ0n) is 15.1. The van der Waals surface area contributed by atoms with Gasteiger partial charge >= 0.3 is 5.91 Å². The molecule has 4 rings (SSSR count). The topological polar surface area (TPSA) is 83.6 Å². The number of rotatable bonds is 3. The quantitative estimate of drug-likeness (QED) is 0.363. The largest absolute Gasteiger partial charge is 0.507 e. The first kappa shape index (κ1) is 19.2. The third-order valence-corrected chi connectivity index (χ3v) is 5.35. The van der Waals surface area contributed by atoms with Crippen LogP contribution in [0.3, 0.4) is 0 Å². The summed E-state index contributed by atoms with van der Waals surface area (Å²) in [6, 6.07) is 13.9. The van der Waals surface area contributed by atoms with Crippen LogP contribution >= 0.6 is 23.2 Å². The fourth-order valence-electron chi connectivity index (χ4n) is 3.29. The van der Waals surface area contributed by atoms with Gasteiger partial charge in [0.25, 0.3) is 5.78 Å². The molecule has 1 amide bonds. The van der Waals surface area contributed by atoms with Gasteiger partial charge in [0.2, 0.25) is 0 Å². The first-order valence-corrected chi connectivity index (χ1v) is 9.38. The number of aryl methyl sites for hydroxylation is 1. The van der Waals surface area contributed by atoms with Crippen molar-refractivity contribution in [1.29, 1.82) is 0 Å². The van der Waals surface area contributed by atoms with Gasteiger partial charge in [-0.25, -0.2) is 0 Å². The Morgan fingerprint density at radius 2 is 1.79 bits per heavy atom. The number of anilines is 1. The van der Waals surface area contributed by atoms with Gasteiger partial charge in [0.1, 0.15) is 11.5 Å². The highest BCUT2D eigenvalue weighted by Gasteiger charge is 2.48. The fraction of sp³-hybridized carbons (Fsp3) is 0.0952. The molecule has 1 atom stereocenters. The SMILES string of the molecule is Cc1cc(N2C(=O)C(=O)/C(=C(/O)c3ccccc3)[C@@H]2c2ccc(Cl)c(Cl)c2)no1. The molecular formula is C21H14Cl2N2O4. The standard InChI is InChI=1S/C21H14Cl2N2O4/c1-11-9-16(24-29-11)25-18(13-7-8-14(22)15(23)10-13)17(20(27)21(25)28)19(26)12-5-3-2-4-6-12/h2-10,18,26H,1H3/b19-17+/t18-/m0/s1. The number of amides is 1. The van der Waals surface area contributed by atoms with E-state index in [0.717, 1.165) is 0 Å². The lowest BCUT2D eigenvalue weighted by Gasteiger charge is -2.23. The number of carbonyl (C=O) groups is 2. The number of hydrogen-bond donors (Lipinski definition) is 1. The van der Waals surface area contributed by atoms with E-state index in [1.165, 1.54) is 11.0 Å². The summed E-state index contributed by atoms with van der Waals surface area (Å²) in [6.45, 7) is 1.67. The Balaban J connectivity index is 1.97. The highest BCUT2D eigenvalue weighted by atomic mass is 35.5. The number of Topliss-reactive ketones (excluding diaryl/α,β-unsaturated/α-hetero) is 1. The van der Waals surface area contributed by atoms with Crippen LogP contribution in [0.1, 0.15) is 22.9 Å². The van der Waals surface area contributed by atoms with Crippen LogP contribution in [0, 0.1) is 6.92 Å². The van der Waals surface area contributed by atoms with Crippen molar-refractivity contribution in [1.82, 2.24) is 5.16 Å². The molecule has 29 heavy (non-hydrogen) atoms. The molecule has 1 saturated heterocycles. The number of benzene rings is 2. The highest BCUT2D eigenvalue weighted by molar-refractivity contribution is 6.51. The maximum atomic E-state index is 12.9. The first-order chi connectivity index (χ1) is 13.9. The Morgan fingerprint density at radius 1 is 1.07 bits per heavy atom. The molecule has 6 nitrogen and oxygen atoms in total. The van der Waals surface area contributed by atoms with Crippen LogP contribution in [0.5, 0.6) is 0 Å².